The zero-order valence-corrected chi connectivity index (χ0v) is 12.9. The van der Waals surface area contributed by atoms with E-state index in [1.807, 2.05) is 24.3 Å². The van der Waals surface area contributed by atoms with Crippen molar-refractivity contribution in [3.8, 4) is 5.75 Å². The van der Waals surface area contributed by atoms with Crippen molar-refractivity contribution in [2.24, 2.45) is 0 Å². The first-order chi connectivity index (χ1) is 9.99. The van der Waals surface area contributed by atoms with Crippen LogP contribution in [0.5, 0.6) is 5.75 Å². The number of nitrogens with zero attached hydrogens (tertiary/aromatic N) is 3. The Morgan fingerprint density at radius 3 is 2.48 bits per heavy atom. The fourth-order valence-electron chi connectivity index (χ4n) is 2.22. The van der Waals surface area contributed by atoms with Gasteiger partial charge in [-0.15, -0.1) is 10.2 Å². The molecular weight excluding hydrogens is 314 g/mol. The van der Waals surface area contributed by atoms with Crippen molar-refractivity contribution in [2.75, 3.05) is 7.11 Å². The SMILES string of the molecule is COc1ccc(Cc2nnc(S(=O)(=O)Cl)n2C2CC2)cc1. The Morgan fingerprint density at radius 2 is 1.95 bits per heavy atom. The minimum Gasteiger partial charge on any atom is -0.497 e. The van der Waals surface area contributed by atoms with Crippen molar-refractivity contribution in [3.63, 3.8) is 0 Å². The molecule has 1 aromatic heterocycles. The van der Waals surface area contributed by atoms with Gasteiger partial charge in [-0.1, -0.05) is 12.1 Å². The van der Waals surface area contributed by atoms with Gasteiger partial charge in [0, 0.05) is 23.1 Å². The lowest BCUT2D eigenvalue weighted by Gasteiger charge is -2.07. The Bertz CT molecular complexity index is 751. The van der Waals surface area contributed by atoms with Crippen LogP contribution in [0, 0.1) is 0 Å². The molecule has 1 fully saturated rings. The molecule has 1 aromatic carbocycles. The fourth-order valence-corrected chi connectivity index (χ4v) is 3.16. The maximum Gasteiger partial charge on any atom is 0.296 e. The average molecular weight is 328 g/mol. The first-order valence-corrected chi connectivity index (χ1v) is 8.81. The molecule has 0 unspecified atom stereocenters. The lowest BCUT2D eigenvalue weighted by atomic mass is 10.1. The van der Waals surface area contributed by atoms with Gasteiger partial charge in [0.15, 0.2) is 0 Å². The summed E-state index contributed by atoms with van der Waals surface area (Å²) in [6.45, 7) is 0. The second kappa shape index (κ2) is 5.31. The molecule has 6 nitrogen and oxygen atoms in total. The van der Waals surface area contributed by atoms with Gasteiger partial charge in [-0.2, -0.15) is 0 Å². The molecule has 0 aliphatic heterocycles. The van der Waals surface area contributed by atoms with Gasteiger partial charge in [0.2, 0.25) is 0 Å². The summed E-state index contributed by atoms with van der Waals surface area (Å²) in [4.78, 5) is 0. The Morgan fingerprint density at radius 1 is 1.29 bits per heavy atom. The molecule has 112 valence electrons. The van der Waals surface area contributed by atoms with E-state index in [1.54, 1.807) is 11.7 Å². The van der Waals surface area contributed by atoms with E-state index in [4.69, 9.17) is 15.4 Å². The van der Waals surface area contributed by atoms with Crippen LogP contribution in [0.4, 0.5) is 0 Å². The molecule has 2 aromatic rings. The first-order valence-electron chi connectivity index (χ1n) is 6.50. The van der Waals surface area contributed by atoms with Gasteiger partial charge < -0.3 is 4.74 Å². The Kier molecular flexibility index (Phi) is 3.62. The molecule has 0 N–H and O–H groups in total. The number of benzene rings is 1. The molecule has 1 saturated carbocycles. The van der Waals surface area contributed by atoms with Crippen molar-refractivity contribution < 1.29 is 13.2 Å². The third-order valence-electron chi connectivity index (χ3n) is 3.39. The minimum absolute atomic E-state index is 0.136. The summed E-state index contributed by atoms with van der Waals surface area (Å²) in [7, 11) is 3.15. The molecule has 0 spiro atoms. The molecular formula is C13H14ClN3O3S. The summed E-state index contributed by atoms with van der Waals surface area (Å²) in [5.74, 6) is 1.38. The summed E-state index contributed by atoms with van der Waals surface area (Å²) in [6.07, 6.45) is 2.35. The van der Waals surface area contributed by atoms with Crippen molar-refractivity contribution in [2.45, 2.75) is 30.5 Å². The predicted octanol–water partition coefficient (Wildman–Crippen LogP) is 2.14. The molecule has 0 saturated heterocycles. The number of methoxy groups -OCH3 is 1. The molecule has 0 bridgehead atoms. The maximum atomic E-state index is 11.6. The van der Waals surface area contributed by atoms with Gasteiger partial charge in [0.1, 0.15) is 11.6 Å². The maximum absolute atomic E-state index is 11.6. The molecule has 1 aliphatic carbocycles. The van der Waals surface area contributed by atoms with E-state index in [0.29, 0.717) is 12.2 Å². The van der Waals surface area contributed by atoms with Crippen LogP contribution >= 0.6 is 10.7 Å². The van der Waals surface area contributed by atoms with Crippen LogP contribution in [0.3, 0.4) is 0 Å². The van der Waals surface area contributed by atoms with Crippen LogP contribution in [-0.2, 0) is 15.5 Å². The molecule has 0 atom stereocenters. The highest BCUT2D eigenvalue weighted by atomic mass is 35.7. The van der Waals surface area contributed by atoms with Crippen LogP contribution in [0.1, 0.15) is 30.3 Å². The normalized spacial score (nSPS) is 15.1. The molecule has 1 heterocycles. The highest BCUT2D eigenvalue weighted by Crippen LogP contribution is 2.38. The first kappa shape index (κ1) is 14.3. The topological polar surface area (TPSA) is 74.1 Å². The summed E-state index contributed by atoms with van der Waals surface area (Å²) in [5, 5.41) is 7.59. The highest BCUT2D eigenvalue weighted by Gasteiger charge is 2.33. The molecule has 3 rings (SSSR count). The van der Waals surface area contributed by atoms with Crippen molar-refractivity contribution >= 4 is 19.7 Å². The zero-order valence-electron chi connectivity index (χ0n) is 11.4. The van der Waals surface area contributed by atoms with Crippen LogP contribution in [0.15, 0.2) is 29.4 Å². The lowest BCUT2D eigenvalue weighted by Crippen LogP contribution is -2.08. The zero-order chi connectivity index (χ0) is 15.0. The summed E-state index contributed by atoms with van der Waals surface area (Å²) < 4.78 is 29.9. The molecule has 1 aliphatic rings. The Balaban J connectivity index is 1.93. The number of ether oxygens (including phenoxy) is 1. The third kappa shape index (κ3) is 3.03. The van der Waals surface area contributed by atoms with Crippen LogP contribution in [0.2, 0.25) is 0 Å². The average Bonchev–Trinajstić information content (AvgIpc) is 3.19. The van der Waals surface area contributed by atoms with E-state index in [0.717, 1.165) is 24.2 Å². The molecule has 21 heavy (non-hydrogen) atoms. The summed E-state index contributed by atoms with van der Waals surface area (Å²) >= 11 is 0. The standard InChI is InChI=1S/C13H14ClN3O3S/c1-20-11-6-2-9(3-7-11)8-12-15-16-13(21(14,18)19)17(12)10-4-5-10/h2-3,6-7,10H,4-5,8H2,1H3. The van der Waals surface area contributed by atoms with Gasteiger partial charge in [0.05, 0.1) is 7.11 Å². The van der Waals surface area contributed by atoms with Crippen LogP contribution in [-0.4, -0.2) is 30.3 Å². The van der Waals surface area contributed by atoms with E-state index >= 15 is 0 Å². The van der Waals surface area contributed by atoms with Crippen LogP contribution < -0.4 is 4.74 Å². The van der Waals surface area contributed by atoms with E-state index < -0.39 is 9.05 Å². The van der Waals surface area contributed by atoms with Gasteiger partial charge >= 0.3 is 0 Å². The largest absolute Gasteiger partial charge is 0.497 e. The van der Waals surface area contributed by atoms with Crippen molar-refractivity contribution in [1.82, 2.24) is 14.8 Å². The smallest absolute Gasteiger partial charge is 0.296 e. The number of halogens is 1. The molecule has 0 radical (unpaired) electrons. The summed E-state index contributed by atoms with van der Waals surface area (Å²) in [5.41, 5.74) is 1.00. The number of hydrogen-bond acceptors (Lipinski definition) is 5. The van der Waals surface area contributed by atoms with E-state index in [-0.39, 0.29) is 11.2 Å². The summed E-state index contributed by atoms with van der Waals surface area (Å²) in [6, 6.07) is 7.68. The second-order valence-electron chi connectivity index (χ2n) is 4.96. The number of rotatable bonds is 5. The quantitative estimate of drug-likeness (QED) is 0.787. The van der Waals surface area contributed by atoms with Gasteiger partial charge in [0.25, 0.3) is 14.2 Å². The minimum atomic E-state index is -3.88. The molecule has 8 heteroatoms. The van der Waals surface area contributed by atoms with Gasteiger partial charge in [-0.25, -0.2) is 8.42 Å². The number of hydrogen-bond donors (Lipinski definition) is 0. The second-order valence-corrected chi connectivity index (χ2v) is 7.42. The van der Waals surface area contributed by atoms with Gasteiger partial charge in [-0.3, -0.25) is 4.57 Å². The lowest BCUT2D eigenvalue weighted by molar-refractivity contribution is 0.414. The monoisotopic (exact) mass is 327 g/mol. The highest BCUT2D eigenvalue weighted by molar-refractivity contribution is 8.13. The third-order valence-corrected chi connectivity index (χ3v) is 4.52. The fraction of sp³-hybridized carbons (Fsp3) is 0.385. The Hall–Kier alpha value is -1.60. The van der Waals surface area contributed by atoms with Crippen LogP contribution in [0.25, 0.3) is 0 Å². The van der Waals surface area contributed by atoms with Crippen molar-refractivity contribution in [3.05, 3.63) is 35.7 Å². The van der Waals surface area contributed by atoms with Gasteiger partial charge in [-0.05, 0) is 30.5 Å². The van der Waals surface area contributed by atoms with Crippen molar-refractivity contribution in [1.29, 1.82) is 0 Å². The molecule has 0 amide bonds. The Labute approximate surface area is 127 Å². The predicted molar refractivity (Wildman–Crippen MR) is 77.1 cm³/mol. The van der Waals surface area contributed by atoms with E-state index in [9.17, 15) is 8.42 Å². The van der Waals surface area contributed by atoms with E-state index in [1.165, 1.54) is 0 Å². The van der Waals surface area contributed by atoms with E-state index in [2.05, 4.69) is 10.2 Å². The number of aromatic nitrogens is 3.